The minimum absolute atomic E-state index is 0.0676. The molecule has 2 heterocycles. The van der Waals surface area contributed by atoms with E-state index in [9.17, 15) is 23.1 Å². The van der Waals surface area contributed by atoms with E-state index in [0.717, 1.165) is 6.07 Å². The van der Waals surface area contributed by atoms with Gasteiger partial charge in [0.2, 0.25) is 5.91 Å². The molecule has 156 valence electrons. The molecule has 9 heteroatoms. The van der Waals surface area contributed by atoms with Crippen LogP contribution in [0, 0.1) is 0 Å². The topological polar surface area (TPSA) is 56.7 Å². The number of alkyl halides is 3. The maximum absolute atomic E-state index is 13.3. The molecule has 1 N–H and O–H groups in total. The summed E-state index contributed by atoms with van der Waals surface area (Å²) < 4.78 is 39.9. The number of rotatable bonds is 4. The Morgan fingerprint density at radius 1 is 1.28 bits per heavy atom. The summed E-state index contributed by atoms with van der Waals surface area (Å²) in [5.41, 5.74) is 0.486. The number of carbonyl (C=O) groups excluding carboxylic acids is 1. The van der Waals surface area contributed by atoms with Crippen LogP contribution in [0.25, 0.3) is 0 Å². The predicted molar refractivity (Wildman–Crippen MR) is 104 cm³/mol. The van der Waals surface area contributed by atoms with Crippen molar-refractivity contribution in [1.29, 1.82) is 0 Å². The van der Waals surface area contributed by atoms with Crippen LogP contribution in [0.2, 0.25) is 5.02 Å². The predicted octanol–water partition coefficient (Wildman–Crippen LogP) is 3.53. The molecule has 1 aliphatic rings. The van der Waals surface area contributed by atoms with Gasteiger partial charge >= 0.3 is 6.18 Å². The van der Waals surface area contributed by atoms with Gasteiger partial charge in [-0.2, -0.15) is 13.2 Å². The summed E-state index contributed by atoms with van der Waals surface area (Å²) >= 11 is 6.00. The van der Waals surface area contributed by atoms with Gasteiger partial charge < -0.3 is 14.9 Å². The second-order valence-corrected chi connectivity index (χ2v) is 7.44. The number of hydrogen-bond acceptors (Lipinski definition) is 4. The lowest BCUT2D eigenvalue weighted by molar-refractivity contribution is -0.138. The SMILES string of the molecule is CC1CN(c2ncccc2C(F)(F)F)CCN1C(=O)Cc1cc(Cl)ccc1CO. The summed E-state index contributed by atoms with van der Waals surface area (Å²) in [5, 5.41) is 9.93. The smallest absolute Gasteiger partial charge is 0.392 e. The van der Waals surface area contributed by atoms with Crippen LogP contribution >= 0.6 is 11.6 Å². The molecule has 29 heavy (non-hydrogen) atoms. The van der Waals surface area contributed by atoms with Crippen molar-refractivity contribution in [2.75, 3.05) is 24.5 Å². The van der Waals surface area contributed by atoms with E-state index < -0.39 is 11.7 Å². The fraction of sp³-hybridized carbons (Fsp3) is 0.400. The molecule has 1 amide bonds. The number of aliphatic hydroxyl groups is 1. The molecule has 0 aliphatic carbocycles. The van der Waals surface area contributed by atoms with Gasteiger partial charge in [0.05, 0.1) is 18.6 Å². The van der Waals surface area contributed by atoms with E-state index in [1.807, 2.05) is 0 Å². The van der Waals surface area contributed by atoms with E-state index in [0.29, 0.717) is 16.1 Å². The lowest BCUT2D eigenvalue weighted by Crippen LogP contribution is -2.55. The van der Waals surface area contributed by atoms with Gasteiger partial charge in [0.15, 0.2) is 0 Å². The third kappa shape index (κ3) is 4.82. The molecule has 1 aromatic carbocycles. The Labute approximate surface area is 171 Å². The summed E-state index contributed by atoms with van der Waals surface area (Å²) in [7, 11) is 0. The Morgan fingerprint density at radius 3 is 2.69 bits per heavy atom. The van der Waals surface area contributed by atoms with Crippen molar-refractivity contribution in [2.24, 2.45) is 0 Å². The standard InChI is InChI=1S/C20H21ClF3N3O2/c1-13-11-26(19-17(20(22,23)24)3-2-6-25-19)7-8-27(13)18(29)10-15-9-16(21)5-4-14(15)12-28/h2-6,9,13,28H,7-8,10-12H2,1H3. The van der Waals surface area contributed by atoms with Crippen LogP contribution in [0.3, 0.4) is 0 Å². The Bertz CT molecular complexity index is 892. The Kier molecular flexibility index (Phi) is 6.33. The Balaban J connectivity index is 1.73. The quantitative estimate of drug-likeness (QED) is 0.811. The summed E-state index contributed by atoms with van der Waals surface area (Å²) in [6.07, 6.45) is -3.09. The van der Waals surface area contributed by atoms with Gasteiger partial charge in [-0.05, 0) is 42.3 Å². The molecule has 1 aliphatic heterocycles. The van der Waals surface area contributed by atoms with Crippen LogP contribution < -0.4 is 4.90 Å². The van der Waals surface area contributed by atoms with Crippen LogP contribution in [-0.2, 0) is 24.0 Å². The maximum Gasteiger partial charge on any atom is 0.419 e. The number of aromatic nitrogens is 1. The number of anilines is 1. The number of piperazine rings is 1. The molecule has 0 radical (unpaired) electrons. The molecule has 0 bridgehead atoms. The van der Waals surface area contributed by atoms with Crippen molar-refractivity contribution in [2.45, 2.75) is 32.2 Å². The summed E-state index contributed by atoms with van der Waals surface area (Å²) in [5.74, 6) is -0.275. The first-order chi connectivity index (χ1) is 13.7. The number of carbonyl (C=O) groups is 1. The Hall–Kier alpha value is -2.32. The largest absolute Gasteiger partial charge is 0.419 e. The highest BCUT2D eigenvalue weighted by atomic mass is 35.5. The van der Waals surface area contributed by atoms with Crippen LogP contribution in [0.15, 0.2) is 36.5 Å². The fourth-order valence-electron chi connectivity index (χ4n) is 3.57. The van der Waals surface area contributed by atoms with Gasteiger partial charge in [-0.3, -0.25) is 4.79 Å². The summed E-state index contributed by atoms with van der Waals surface area (Å²) in [6, 6.07) is 6.95. The number of hydrogen-bond donors (Lipinski definition) is 1. The molecule has 3 rings (SSSR count). The fourth-order valence-corrected chi connectivity index (χ4v) is 3.76. The molecule has 1 saturated heterocycles. The van der Waals surface area contributed by atoms with Gasteiger partial charge in [-0.1, -0.05) is 17.7 Å². The number of aliphatic hydroxyl groups excluding tert-OH is 1. The molecule has 1 fully saturated rings. The summed E-state index contributed by atoms with van der Waals surface area (Å²) in [4.78, 5) is 20.0. The molecule has 0 saturated carbocycles. The highest BCUT2D eigenvalue weighted by Gasteiger charge is 2.37. The molecule has 1 unspecified atom stereocenters. The monoisotopic (exact) mass is 427 g/mol. The number of benzene rings is 1. The van der Waals surface area contributed by atoms with Crippen molar-refractivity contribution >= 4 is 23.3 Å². The minimum atomic E-state index is -4.49. The molecule has 5 nitrogen and oxygen atoms in total. The maximum atomic E-state index is 13.3. The zero-order valence-corrected chi connectivity index (χ0v) is 16.5. The van der Waals surface area contributed by atoms with E-state index in [4.69, 9.17) is 11.6 Å². The molecular weight excluding hydrogens is 407 g/mol. The first-order valence-electron chi connectivity index (χ1n) is 9.15. The second-order valence-electron chi connectivity index (χ2n) is 7.00. The highest BCUT2D eigenvalue weighted by molar-refractivity contribution is 6.30. The van der Waals surface area contributed by atoms with Crippen molar-refractivity contribution in [3.05, 3.63) is 58.2 Å². The van der Waals surface area contributed by atoms with Gasteiger partial charge in [-0.15, -0.1) is 0 Å². The number of halogens is 4. The van der Waals surface area contributed by atoms with E-state index in [2.05, 4.69) is 4.98 Å². The van der Waals surface area contributed by atoms with Crippen molar-refractivity contribution in [1.82, 2.24) is 9.88 Å². The zero-order chi connectivity index (χ0) is 21.2. The van der Waals surface area contributed by atoms with Crippen molar-refractivity contribution in [3.63, 3.8) is 0 Å². The molecular formula is C20H21ClF3N3O2. The van der Waals surface area contributed by atoms with Gasteiger partial charge in [-0.25, -0.2) is 4.98 Å². The van der Waals surface area contributed by atoms with Gasteiger partial charge in [0, 0.05) is 36.9 Å². The van der Waals surface area contributed by atoms with E-state index in [-0.39, 0.29) is 50.4 Å². The van der Waals surface area contributed by atoms with E-state index in [1.165, 1.54) is 12.3 Å². The van der Waals surface area contributed by atoms with Crippen LogP contribution in [-0.4, -0.2) is 46.6 Å². The van der Waals surface area contributed by atoms with Crippen LogP contribution in [0.1, 0.15) is 23.6 Å². The minimum Gasteiger partial charge on any atom is -0.392 e. The molecule has 1 atom stereocenters. The average molecular weight is 428 g/mol. The number of pyridine rings is 1. The normalized spacial score (nSPS) is 17.5. The molecule has 1 aromatic heterocycles. The van der Waals surface area contributed by atoms with E-state index in [1.54, 1.807) is 34.9 Å². The van der Waals surface area contributed by atoms with Crippen molar-refractivity contribution < 1.29 is 23.1 Å². The third-order valence-corrected chi connectivity index (χ3v) is 5.25. The number of amides is 1. The highest BCUT2D eigenvalue weighted by Crippen LogP contribution is 2.35. The Morgan fingerprint density at radius 2 is 2.03 bits per heavy atom. The van der Waals surface area contributed by atoms with Crippen LogP contribution in [0.4, 0.5) is 19.0 Å². The van der Waals surface area contributed by atoms with Gasteiger partial charge in [0.1, 0.15) is 5.82 Å². The second kappa shape index (κ2) is 8.59. The lowest BCUT2D eigenvalue weighted by Gasteiger charge is -2.41. The molecule has 0 spiro atoms. The molecule has 2 aromatic rings. The van der Waals surface area contributed by atoms with Gasteiger partial charge in [0.25, 0.3) is 0 Å². The lowest BCUT2D eigenvalue weighted by atomic mass is 10.0. The van der Waals surface area contributed by atoms with E-state index >= 15 is 0 Å². The first-order valence-corrected chi connectivity index (χ1v) is 9.53. The number of nitrogens with zero attached hydrogens (tertiary/aromatic N) is 3. The van der Waals surface area contributed by atoms with Crippen molar-refractivity contribution in [3.8, 4) is 0 Å². The van der Waals surface area contributed by atoms with Crippen LogP contribution in [0.5, 0.6) is 0 Å². The average Bonchev–Trinajstić information content (AvgIpc) is 2.67. The third-order valence-electron chi connectivity index (χ3n) is 5.02. The first kappa shape index (κ1) is 21.4. The zero-order valence-electron chi connectivity index (χ0n) is 15.8. The summed E-state index contributed by atoms with van der Waals surface area (Å²) in [6.45, 7) is 2.36.